The van der Waals surface area contributed by atoms with Crippen molar-refractivity contribution in [2.45, 2.75) is 26.7 Å². The summed E-state index contributed by atoms with van der Waals surface area (Å²) in [4.78, 5) is 25.7. The van der Waals surface area contributed by atoms with E-state index in [1.165, 1.54) is 11.5 Å². The molecule has 0 radical (unpaired) electrons. The molecule has 1 saturated heterocycles. The highest BCUT2D eigenvalue weighted by atomic mass is 32.1. The zero-order chi connectivity index (χ0) is 13.8. The summed E-state index contributed by atoms with van der Waals surface area (Å²) in [5.74, 6) is -0.178. The number of aromatic nitrogens is 1. The fourth-order valence-corrected chi connectivity index (χ4v) is 2.93. The molecule has 1 aromatic heterocycles. The Morgan fingerprint density at radius 3 is 2.68 bits per heavy atom. The average molecular weight is 282 g/mol. The van der Waals surface area contributed by atoms with Gasteiger partial charge in [-0.25, -0.2) is 0 Å². The van der Waals surface area contributed by atoms with E-state index in [0.29, 0.717) is 38.1 Å². The number of amides is 1. The summed E-state index contributed by atoms with van der Waals surface area (Å²) in [5.41, 5.74) is 1.46. The first-order valence-electron chi connectivity index (χ1n) is 6.50. The van der Waals surface area contributed by atoms with Crippen molar-refractivity contribution in [3.8, 4) is 0 Å². The van der Waals surface area contributed by atoms with Crippen molar-refractivity contribution >= 4 is 23.4 Å². The molecule has 1 amide bonds. The number of esters is 1. The second-order valence-corrected chi connectivity index (χ2v) is 5.26. The van der Waals surface area contributed by atoms with Crippen molar-refractivity contribution < 1.29 is 14.3 Å². The van der Waals surface area contributed by atoms with E-state index in [2.05, 4.69) is 4.37 Å². The van der Waals surface area contributed by atoms with Crippen LogP contribution in [0.5, 0.6) is 0 Å². The number of likely N-dealkylation sites (tertiary alicyclic amines) is 1. The third-order valence-corrected chi connectivity index (χ3v) is 4.10. The van der Waals surface area contributed by atoms with Crippen molar-refractivity contribution in [2.75, 3.05) is 19.7 Å². The largest absolute Gasteiger partial charge is 0.466 e. The Kier molecular flexibility index (Phi) is 4.52. The summed E-state index contributed by atoms with van der Waals surface area (Å²) in [5, 5.41) is 1.79. The van der Waals surface area contributed by atoms with E-state index in [1.54, 1.807) is 10.3 Å². The quantitative estimate of drug-likeness (QED) is 0.794. The molecule has 5 nitrogen and oxygen atoms in total. The van der Waals surface area contributed by atoms with Gasteiger partial charge in [-0.15, -0.1) is 0 Å². The zero-order valence-corrected chi connectivity index (χ0v) is 12.0. The van der Waals surface area contributed by atoms with Crippen LogP contribution in [0.3, 0.4) is 0 Å². The number of ether oxygens (including phenoxy) is 1. The van der Waals surface area contributed by atoms with Crippen LogP contribution in [0, 0.1) is 12.8 Å². The lowest BCUT2D eigenvalue weighted by molar-refractivity contribution is -0.149. The van der Waals surface area contributed by atoms with Crippen molar-refractivity contribution in [2.24, 2.45) is 5.92 Å². The molecule has 0 unspecified atom stereocenters. The Labute approximate surface area is 116 Å². The lowest BCUT2D eigenvalue weighted by Crippen LogP contribution is -2.40. The van der Waals surface area contributed by atoms with Crippen LogP contribution >= 0.6 is 11.5 Å². The van der Waals surface area contributed by atoms with Crippen molar-refractivity contribution in [1.29, 1.82) is 0 Å². The molecule has 1 fully saturated rings. The summed E-state index contributed by atoms with van der Waals surface area (Å²) in [7, 11) is 0. The van der Waals surface area contributed by atoms with Crippen molar-refractivity contribution in [3.63, 3.8) is 0 Å². The van der Waals surface area contributed by atoms with Gasteiger partial charge in [0.15, 0.2) is 0 Å². The molecular weight excluding hydrogens is 264 g/mol. The molecule has 1 aliphatic heterocycles. The second-order valence-electron chi connectivity index (χ2n) is 4.63. The molecule has 2 heterocycles. The molecule has 0 N–H and O–H groups in total. The van der Waals surface area contributed by atoms with Crippen LogP contribution in [-0.2, 0) is 9.53 Å². The standard InChI is InChI=1S/C13H18N2O3S/c1-3-18-13(17)10-4-6-15(7-5-10)12(16)11-8-19-14-9(11)2/h8,10H,3-7H2,1-2H3. The molecule has 1 aliphatic rings. The molecule has 0 bridgehead atoms. The lowest BCUT2D eigenvalue weighted by Gasteiger charge is -2.30. The number of carbonyl (C=O) groups is 2. The maximum absolute atomic E-state index is 12.3. The third kappa shape index (κ3) is 3.12. The Balaban J connectivity index is 1.92. The monoisotopic (exact) mass is 282 g/mol. The molecule has 104 valence electrons. The van der Waals surface area contributed by atoms with Crippen molar-refractivity contribution in [3.05, 3.63) is 16.6 Å². The van der Waals surface area contributed by atoms with Crippen LogP contribution in [0.4, 0.5) is 0 Å². The Morgan fingerprint density at radius 1 is 1.47 bits per heavy atom. The predicted molar refractivity (Wildman–Crippen MR) is 72.1 cm³/mol. The van der Waals surface area contributed by atoms with E-state index in [4.69, 9.17) is 4.74 Å². The molecule has 2 rings (SSSR count). The number of rotatable bonds is 3. The van der Waals surface area contributed by atoms with Gasteiger partial charge in [0.1, 0.15) is 0 Å². The highest BCUT2D eigenvalue weighted by Crippen LogP contribution is 2.21. The smallest absolute Gasteiger partial charge is 0.309 e. The van der Waals surface area contributed by atoms with Gasteiger partial charge in [0.2, 0.25) is 0 Å². The van der Waals surface area contributed by atoms with Gasteiger partial charge in [-0.3, -0.25) is 9.59 Å². The fraction of sp³-hybridized carbons (Fsp3) is 0.615. The minimum Gasteiger partial charge on any atom is -0.466 e. The molecular formula is C13H18N2O3S. The topological polar surface area (TPSA) is 59.5 Å². The molecule has 0 aliphatic carbocycles. The normalized spacial score (nSPS) is 16.4. The van der Waals surface area contributed by atoms with Gasteiger partial charge in [-0.2, -0.15) is 4.37 Å². The van der Waals surface area contributed by atoms with Crippen LogP contribution in [0.1, 0.15) is 35.8 Å². The Bertz CT molecular complexity index is 464. The molecule has 1 aromatic rings. The maximum atomic E-state index is 12.3. The van der Waals surface area contributed by atoms with E-state index < -0.39 is 0 Å². The minimum absolute atomic E-state index is 0.0218. The zero-order valence-electron chi connectivity index (χ0n) is 11.2. The Morgan fingerprint density at radius 2 is 2.16 bits per heavy atom. The number of hydrogen-bond acceptors (Lipinski definition) is 5. The molecule has 0 atom stereocenters. The summed E-state index contributed by atoms with van der Waals surface area (Å²) < 4.78 is 9.14. The minimum atomic E-state index is -0.136. The summed E-state index contributed by atoms with van der Waals surface area (Å²) in [6.07, 6.45) is 1.36. The van der Waals surface area contributed by atoms with E-state index in [9.17, 15) is 9.59 Å². The van der Waals surface area contributed by atoms with Crippen LogP contribution in [0.15, 0.2) is 5.38 Å². The van der Waals surface area contributed by atoms with Crippen LogP contribution in [0.25, 0.3) is 0 Å². The average Bonchev–Trinajstić information content (AvgIpc) is 2.84. The summed E-state index contributed by atoms with van der Waals surface area (Å²) >= 11 is 1.30. The summed E-state index contributed by atoms with van der Waals surface area (Å²) in [6, 6.07) is 0. The molecule has 19 heavy (non-hydrogen) atoms. The van der Waals surface area contributed by atoms with Crippen LogP contribution < -0.4 is 0 Å². The first kappa shape index (κ1) is 14.0. The van der Waals surface area contributed by atoms with Gasteiger partial charge in [0, 0.05) is 18.5 Å². The van der Waals surface area contributed by atoms with E-state index >= 15 is 0 Å². The SMILES string of the molecule is CCOC(=O)C1CCN(C(=O)c2csnc2C)CC1. The molecule has 0 spiro atoms. The Hall–Kier alpha value is -1.43. The van der Waals surface area contributed by atoms with Gasteiger partial charge in [0.05, 0.1) is 23.8 Å². The first-order chi connectivity index (χ1) is 9.13. The van der Waals surface area contributed by atoms with Crippen LogP contribution in [0.2, 0.25) is 0 Å². The molecule has 0 aromatic carbocycles. The van der Waals surface area contributed by atoms with Gasteiger partial charge in [-0.1, -0.05) is 0 Å². The van der Waals surface area contributed by atoms with Crippen molar-refractivity contribution in [1.82, 2.24) is 9.27 Å². The third-order valence-electron chi connectivity index (χ3n) is 3.38. The molecule has 6 heteroatoms. The summed E-state index contributed by atoms with van der Waals surface area (Å²) in [6.45, 7) is 5.28. The van der Waals surface area contributed by atoms with Gasteiger partial charge < -0.3 is 9.64 Å². The van der Waals surface area contributed by atoms with E-state index in [-0.39, 0.29) is 17.8 Å². The first-order valence-corrected chi connectivity index (χ1v) is 7.34. The number of hydrogen-bond donors (Lipinski definition) is 0. The highest BCUT2D eigenvalue weighted by molar-refractivity contribution is 7.03. The van der Waals surface area contributed by atoms with Gasteiger partial charge >= 0.3 is 5.97 Å². The van der Waals surface area contributed by atoms with Gasteiger partial charge in [-0.05, 0) is 38.2 Å². The lowest BCUT2D eigenvalue weighted by atomic mass is 9.96. The maximum Gasteiger partial charge on any atom is 0.309 e. The number of piperidine rings is 1. The number of aryl methyl sites for hydroxylation is 1. The number of nitrogens with zero attached hydrogens (tertiary/aromatic N) is 2. The predicted octanol–water partition coefficient (Wildman–Crippen LogP) is 1.87. The van der Waals surface area contributed by atoms with Gasteiger partial charge in [0.25, 0.3) is 5.91 Å². The fourth-order valence-electron chi connectivity index (χ4n) is 2.25. The van der Waals surface area contributed by atoms with Crippen LogP contribution in [-0.4, -0.2) is 40.8 Å². The highest BCUT2D eigenvalue weighted by Gasteiger charge is 2.29. The second kappa shape index (κ2) is 6.14. The molecule has 0 saturated carbocycles. The van der Waals surface area contributed by atoms with E-state index in [1.807, 2.05) is 13.8 Å². The van der Waals surface area contributed by atoms with E-state index in [0.717, 1.165) is 5.69 Å². The number of carbonyl (C=O) groups excluding carboxylic acids is 2.